The summed E-state index contributed by atoms with van der Waals surface area (Å²) >= 11 is 0. The van der Waals surface area contributed by atoms with E-state index in [-0.39, 0.29) is 17.5 Å². The van der Waals surface area contributed by atoms with Gasteiger partial charge in [-0.3, -0.25) is 0 Å². The van der Waals surface area contributed by atoms with Gasteiger partial charge in [-0.1, -0.05) is 35.5 Å². The zero-order chi connectivity index (χ0) is 19.0. The zero-order valence-corrected chi connectivity index (χ0v) is 16.0. The third-order valence-corrected chi connectivity index (χ3v) is 6.72. The molecule has 3 heterocycles. The number of quaternary nitrogens is 1. The molecule has 1 N–H and O–H groups in total. The van der Waals surface area contributed by atoms with Crippen molar-refractivity contribution >= 4 is 9.84 Å². The first-order valence-electron chi connectivity index (χ1n) is 8.80. The van der Waals surface area contributed by atoms with Gasteiger partial charge in [0.2, 0.25) is 0 Å². The first-order valence-corrected chi connectivity index (χ1v) is 10.6. The molecule has 1 aromatic carbocycles. The standard InChI is InChI=1S/C18H20N4O4S/c1-12-16(17(21-26-12)13-6-4-3-5-7-13)18-20-19-15(25-18)10-22(2)14-8-9-27(23,24)11-14/h3-7,14H,8-11H2,1-2H3/p+1/t14-/m1/s1. The summed E-state index contributed by atoms with van der Waals surface area (Å²) < 4.78 is 34.6. The van der Waals surface area contributed by atoms with Gasteiger partial charge in [0.1, 0.15) is 28.8 Å². The van der Waals surface area contributed by atoms with E-state index in [9.17, 15) is 8.42 Å². The molecule has 27 heavy (non-hydrogen) atoms. The fraction of sp³-hybridized carbons (Fsp3) is 0.389. The van der Waals surface area contributed by atoms with Crippen LogP contribution in [-0.2, 0) is 16.4 Å². The molecule has 1 aliphatic heterocycles. The third kappa shape index (κ3) is 3.65. The summed E-state index contributed by atoms with van der Waals surface area (Å²) in [6, 6.07) is 9.73. The number of rotatable bonds is 5. The summed E-state index contributed by atoms with van der Waals surface area (Å²) in [5.41, 5.74) is 2.25. The fourth-order valence-corrected chi connectivity index (χ4v) is 5.28. The van der Waals surface area contributed by atoms with Crippen molar-refractivity contribution in [3.8, 4) is 22.7 Å². The molecule has 1 unspecified atom stereocenters. The maximum absolute atomic E-state index is 11.7. The Kier molecular flexibility index (Phi) is 4.56. The highest BCUT2D eigenvalue weighted by atomic mass is 32.2. The Balaban J connectivity index is 1.56. The molecular weight excluding hydrogens is 368 g/mol. The molecule has 0 saturated carbocycles. The fourth-order valence-electron chi connectivity index (χ4n) is 3.41. The third-order valence-electron chi connectivity index (χ3n) is 4.95. The van der Waals surface area contributed by atoms with Gasteiger partial charge < -0.3 is 13.8 Å². The van der Waals surface area contributed by atoms with Crippen molar-refractivity contribution in [3.63, 3.8) is 0 Å². The number of aromatic nitrogens is 3. The van der Waals surface area contributed by atoms with E-state index in [2.05, 4.69) is 15.4 Å². The number of hydrogen-bond acceptors (Lipinski definition) is 7. The Bertz CT molecular complexity index is 1040. The van der Waals surface area contributed by atoms with Crippen molar-refractivity contribution in [2.24, 2.45) is 0 Å². The number of nitrogens with zero attached hydrogens (tertiary/aromatic N) is 3. The van der Waals surface area contributed by atoms with Crippen LogP contribution in [0.4, 0.5) is 0 Å². The normalized spacial score (nSPS) is 20.0. The second-order valence-electron chi connectivity index (χ2n) is 6.95. The highest BCUT2D eigenvalue weighted by molar-refractivity contribution is 7.91. The van der Waals surface area contributed by atoms with Crippen molar-refractivity contribution in [2.45, 2.75) is 25.9 Å². The van der Waals surface area contributed by atoms with E-state index in [4.69, 9.17) is 8.94 Å². The van der Waals surface area contributed by atoms with Crippen LogP contribution in [-0.4, -0.2) is 48.4 Å². The van der Waals surface area contributed by atoms with Gasteiger partial charge in [-0.05, 0) is 6.92 Å². The lowest BCUT2D eigenvalue weighted by molar-refractivity contribution is -0.917. The Morgan fingerprint density at radius 3 is 2.70 bits per heavy atom. The largest absolute Gasteiger partial charge is 0.415 e. The van der Waals surface area contributed by atoms with E-state index in [0.29, 0.717) is 41.8 Å². The molecule has 2 aromatic heterocycles. The monoisotopic (exact) mass is 389 g/mol. The van der Waals surface area contributed by atoms with Crippen LogP contribution < -0.4 is 4.90 Å². The second kappa shape index (κ2) is 6.90. The Morgan fingerprint density at radius 1 is 1.22 bits per heavy atom. The van der Waals surface area contributed by atoms with Crippen LogP contribution in [0.15, 0.2) is 39.3 Å². The minimum atomic E-state index is -2.91. The predicted octanol–water partition coefficient (Wildman–Crippen LogP) is 0.902. The number of sulfone groups is 1. The number of nitrogens with one attached hydrogen (secondary N) is 1. The topological polar surface area (TPSA) is 104 Å². The van der Waals surface area contributed by atoms with Gasteiger partial charge >= 0.3 is 0 Å². The van der Waals surface area contributed by atoms with E-state index in [0.717, 1.165) is 10.5 Å². The van der Waals surface area contributed by atoms with Gasteiger partial charge in [-0.15, -0.1) is 10.2 Å². The first kappa shape index (κ1) is 17.9. The minimum Gasteiger partial charge on any atom is -0.415 e. The van der Waals surface area contributed by atoms with Crippen molar-refractivity contribution in [3.05, 3.63) is 42.0 Å². The number of benzene rings is 1. The highest BCUT2D eigenvalue weighted by Crippen LogP contribution is 2.33. The predicted molar refractivity (Wildman–Crippen MR) is 97.6 cm³/mol. The molecule has 0 bridgehead atoms. The van der Waals surface area contributed by atoms with Gasteiger partial charge in [-0.25, -0.2) is 8.42 Å². The lowest BCUT2D eigenvalue weighted by atomic mass is 10.1. The molecule has 1 aliphatic rings. The van der Waals surface area contributed by atoms with Crippen LogP contribution >= 0.6 is 0 Å². The minimum absolute atomic E-state index is 0.0579. The lowest BCUT2D eigenvalue weighted by Crippen LogP contribution is -3.12. The van der Waals surface area contributed by atoms with E-state index in [1.165, 1.54) is 0 Å². The Hall–Kier alpha value is -2.52. The molecule has 4 rings (SSSR count). The molecule has 142 valence electrons. The van der Waals surface area contributed by atoms with Crippen molar-refractivity contribution in [2.75, 3.05) is 18.6 Å². The summed E-state index contributed by atoms with van der Waals surface area (Å²) in [6.45, 7) is 2.28. The average Bonchev–Trinajstić information content (AvgIpc) is 3.34. The summed E-state index contributed by atoms with van der Waals surface area (Å²) in [4.78, 5) is 1.05. The lowest BCUT2D eigenvalue weighted by Gasteiger charge is -2.17. The zero-order valence-electron chi connectivity index (χ0n) is 15.2. The van der Waals surface area contributed by atoms with Crippen molar-refractivity contribution in [1.82, 2.24) is 15.4 Å². The summed E-state index contributed by atoms with van der Waals surface area (Å²) in [7, 11) is -0.959. The van der Waals surface area contributed by atoms with Crippen LogP contribution in [0, 0.1) is 6.92 Å². The summed E-state index contributed by atoms with van der Waals surface area (Å²) in [6.07, 6.45) is 0.665. The smallest absolute Gasteiger partial charge is 0.271 e. The highest BCUT2D eigenvalue weighted by Gasteiger charge is 2.34. The van der Waals surface area contributed by atoms with Gasteiger partial charge in [0, 0.05) is 12.0 Å². The van der Waals surface area contributed by atoms with Gasteiger partial charge in [0.15, 0.2) is 16.4 Å². The van der Waals surface area contributed by atoms with E-state index in [1.54, 1.807) is 6.92 Å². The second-order valence-corrected chi connectivity index (χ2v) is 9.18. The Morgan fingerprint density at radius 2 is 2.00 bits per heavy atom. The van der Waals surface area contributed by atoms with Gasteiger partial charge in [-0.2, -0.15) is 0 Å². The van der Waals surface area contributed by atoms with Crippen LogP contribution in [0.5, 0.6) is 0 Å². The maximum atomic E-state index is 11.7. The van der Waals surface area contributed by atoms with Crippen molar-refractivity contribution < 1.29 is 22.3 Å². The van der Waals surface area contributed by atoms with E-state index >= 15 is 0 Å². The molecule has 0 spiro atoms. The molecule has 1 fully saturated rings. The molecule has 9 heteroatoms. The molecule has 0 amide bonds. The molecule has 0 radical (unpaired) electrons. The maximum Gasteiger partial charge on any atom is 0.271 e. The number of hydrogen-bond donors (Lipinski definition) is 1. The molecule has 0 aliphatic carbocycles. The molecule has 3 aromatic rings. The Labute approximate surface area is 157 Å². The average molecular weight is 389 g/mol. The van der Waals surface area contributed by atoms with E-state index in [1.807, 2.05) is 37.4 Å². The molecule has 1 saturated heterocycles. The summed E-state index contributed by atoms with van der Waals surface area (Å²) in [5.74, 6) is 1.89. The quantitative estimate of drug-likeness (QED) is 0.691. The van der Waals surface area contributed by atoms with Gasteiger partial charge in [0.05, 0.1) is 12.8 Å². The van der Waals surface area contributed by atoms with Crippen LogP contribution in [0.1, 0.15) is 18.1 Å². The van der Waals surface area contributed by atoms with Crippen LogP contribution in [0.25, 0.3) is 22.7 Å². The van der Waals surface area contributed by atoms with Crippen molar-refractivity contribution in [1.29, 1.82) is 0 Å². The molecular formula is C18H21N4O4S+. The van der Waals surface area contributed by atoms with Crippen LogP contribution in [0.2, 0.25) is 0 Å². The van der Waals surface area contributed by atoms with Crippen LogP contribution in [0.3, 0.4) is 0 Å². The van der Waals surface area contributed by atoms with E-state index < -0.39 is 9.84 Å². The summed E-state index contributed by atoms with van der Waals surface area (Å²) in [5, 5.41) is 12.4. The SMILES string of the molecule is Cc1onc(-c2ccccc2)c1-c1nnc(C[NH+](C)[C@@H]2CCS(=O)(=O)C2)o1. The molecule has 8 nitrogen and oxygen atoms in total. The van der Waals surface area contributed by atoms with Gasteiger partial charge in [0.25, 0.3) is 11.8 Å². The molecule has 2 atom stereocenters. The first-order chi connectivity index (χ1) is 12.9. The number of aryl methyl sites for hydroxylation is 1.